The maximum Gasteiger partial charge on any atom is 0.0542 e. The van der Waals surface area contributed by atoms with Gasteiger partial charge in [0.1, 0.15) is 0 Å². The maximum atomic E-state index is 2.49. The third kappa shape index (κ3) is 10.2. The number of aromatic nitrogens is 1. The monoisotopic (exact) mass is 1020 g/mol. The molecule has 386 valence electrons. The molecular formula is C74H65N5. The number of nitrogens with zero attached hydrogens (tertiary/aromatic N) is 5. The van der Waals surface area contributed by atoms with E-state index in [1.807, 2.05) is 0 Å². The van der Waals surface area contributed by atoms with Crippen molar-refractivity contribution in [3.63, 3.8) is 0 Å². The lowest BCUT2D eigenvalue weighted by Gasteiger charge is -2.31. The van der Waals surface area contributed by atoms with Crippen LogP contribution in [0.5, 0.6) is 0 Å². The fraction of sp³-hybridized carbons (Fsp3) is 0.108. The molecule has 0 saturated carbocycles. The normalized spacial score (nSPS) is 11.3. The fourth-order valence-corrected chi connectivity index (χ4v) is 11.4. The average Bonchev–Trinajstić information content (AvgIpc) is 4.04. The van der Waals surface area contributed by atoms with Crippen LogP contribution >= 0.6 is 0 Å². The van der Waals surface area contributed by atoms with Crippen LogP contribution in [-0.2, 0) is 0 Å². The molecule has 0 aliphatic heterocycles. The lowest BCUT2D eigenvalue weighted by molar-refractivity contribution is 1.15. The molecule has 0 bridgehead atoms. The van der Waals surface area contributed by atoms with Crippen molar-refractivity contribution in [1.82, 2.24) is 4.57 Å². The molecule has 1 aromatic heterocycles. The van der Waals surface area contributed by atoms with E-state index in [1.165, 1.54) is 44.5 Å². The van der Waals surface area contributed by atoms with Crippen molar-refractivity contribution in [3.8, 4) is 5.69 Å². The lowest BCUT2D eigenvalue weighted by atomic mass is 10.1. The van der Waals surface area contributed by atoms with Crippen molar-refractivity contribution < 1.29 is 0 Å². The SMILES string of the molecule is Cc1cccc(N(c2cccc(C)c2)c2cc(N(c3cccc(C)c3)c3cccc(C)c3)cc(-n3c4ccc(N(c5cccc(C)c5)c5cccc(C)c5)cc4c4cc(N(c5cccc(C)c5)c5cccc(C)c5)ccc43)c2)c1. The summed E-state index contributed by atoms with van der Waals surface area (Å²) in [5, 5.41) is 2.28. The van der Waals surface area contributed by atoms with Crippen molar-refractivity contribution in [2.24, 2.45) is 0 Å². The molecule has 0 spiro atoms. The molecule has 0 saturated heterocycles. The second kappa shape index (κ2) is 21.1. The highest BCUT2D eigenvalue weighted by atomic mass is 15.2. The largest absolute Gasteiger partial charge is 0.310 e. The predicted molar refractivity (Wildman–Crippen MR) is 337 cm³/mol. The molecule has 0 radical (unpaired) electrons. The summed E-state index contributed by atoms with van der Waals surface area (Å²) in [4.78, 5) is 9.65. The molecule has 0 aliphatic carbocycles. The van der Waals surface area contributed by atoms with Crippen molar-refractivity contribution >= 4 is 90.1 Å². The Morgan fingerprint density at radius 2 is 0.418 bits per heavy atom. The van der Waals surface area contributed by atoms with Crippen LogP contribution in [-0.4, -0.2) is 4.57 Å². The van der Waals surface area contributed by atoms with Crippen molar-refractivity contribution in [1.29, 1.82) is 0 Å². The number of benzene rings is 11. The first-order chi connectivity index (χ1) is 38.4. The predicted octanol–water partition coefficient (Wildman–Crippen LogP) is 21.1. The van der Waals surface area contributed by atoms with E-state index in [0.29, 0.717) is 0 Å². The van der Waals surface area contributed by atoms with E-state index < -0.39 is 0 Å². The maximum absolute atomic E-state index is 2.49. The molecule has 0 atom stereocenters. The third-order valence-corrected chi connectivity index (χ3v) is 15.0. The molecule has 5 nitrogen and oxygen atoms in total. The molecule has 11 aromatic carbocycles. The van der Waals surface area contributed by atoms with E-state index in [2.05, 4.69) is 328 Å². The van der Waals surface area contributed by atoms with Crippen molar-refractivity contribution in [2.45, 2.75) is 55.4 Å². The van der Waals surface area contributed by atoms with Gasteiger partial charge in [-0.15, -0.1) is 0 Å². The number of hydrogen-bond acceptors (Lipinski definition) is 4. The molecule has 0 amide bonds. The molecule has 5 heteroatoms. The van der Waals surface area contributed by atoms with Gasteiger partial charge in [0.15, 0.2) is 0 Å². The third-order valence-electron chi connectivity index (χ3n) is 15.0. The number of hydrogen-bond donors (Lipinski definition) is 0. The van der Waals surface area contributed by atoms with Crippen LogP contribution in [0.2, 0.25) is 0 Å². The van der Waals surface area contributed by atoms with Crippen molar-refractivity contribution in [2.75, 3.05) is 19.6 Å². The summed E-state index contributed by atoms with van der Waals surface area (Å²) in [6.07, 6.45) is 0. The van der Waals surface area contributed by atoms with Crippen LogP contribution in [0, 0.1) is 55.4 Å². The van der Waals surface area contributed by atoms with Gasteiger partial charge in [-0.3, -0.25) is 0 Å². The van der Waals surface area contributed by atoms with E-state index in [1.54, 1.807) is 0 Å². The molecule has 79 heavy (non-hydrogen) atoms. The molecule has 0 aliphatic rings. The first-order valence-corrected chi connectivity index (χ1v) is 27.4. The summed E-state index contributed by atoms with van der Waals surface area (Å²) in [6.45, 7) is 17.4. The molecule has 0 unspecified atom stereocenters. The van der Waals surface area contributed by atoms with Gasteiger partial charge in [-0.2, -0.15) is 0 Å². The second-order valence-corrected chi connectivity index (χ2v) is 21.5. The van der Waals surface area contributed by atoms with Gasteiger partial charge in [-0.25, -0.2) is 0 Å². The molecule has 0 N–H and O–H groups in total. The van der Waals surface area contributed by atoms with Gasteiger partial charge in [-0.05, 0) is 252 Å². The zero-order valence-electron chi connectivity index (χ0n) is 46.4. The van der Waals surface area contributed by atoms with Gasteiger partial charge in [0.05, 0.1) is 28.1 Å². The summed E-state index contributed by atoms with van der Waals surface area (Å²) in [5.41, 5.74) is 25.8. The van der Waals surface area contributed by atoms with Crippen LogP contribution in [0.25, 0.3) is 27.5 Å². The van der Waals surface area contributed by atoms with Gasteiger partial charge in [0.2, 0.25) is 0 Å². The smallest absolute Gasteiger partial charge is 0.0542 e. The van der Waals surface area contributed by atoms with E-state index in [4.69, 9.17) is 0 Å². The highest BCUT2D eigenvalue weighted by molar-refractivity contribution is 6.12. The van der Waals surface area contributed by atoms with Crippen LogP contribution < -0.4 is 19.6 Å². The summed E-state index contributed by atoms with van der Waals surface area (Å²) in [5.74, 6) is 0. The minimum Gasteiger partial charge on any atom is -0.310 e. The first kappa shape index (κ1) is 50.2. The zero-order valence-corrected chi connectivity index (χ0v) is 46.4. The topological polar surface area (TPSA) is 17.9 Å². The quantitative estimate of drug-likeness (QED) is 0.114. The second-order valence-electron chi connectivity index (χ2n) is 21.5. The van der Waals surface area contributed by atoms with E-state index in [9.17, 15) is 0 Å². The Bertz CT molecular complexity index is 3790. The summed E-state index contributed by atoms with van der Waals surface area (Å²) >= 11 is 0. The lowest BCUT2D eigenvalue weighted by Crippen LogP contribution is -2.15. The van der Waals surface area contributed by atoms with Crippen LogP contribution in [0.3, 0.4) is 0 Å². The standard InChI is InChI=1S/C74H65N5/c1-50-17-9-25-58(37-50)75(59-26-10-18-51(2)38-59)66-33-35-73-71(48-66)72-49-67(76(60-27-11-19-52(3)39-60)61-28-12-20-53(4)40-61)34-36-74(72)79(73)70-46-68(77(62-29-13-21-54(5)41-62)63-30-14-22-55(6)42-63)45-69(47-70)78(64-31-15-23-56(7)43-64)65-32-16-24-57(8)44-65/h9-49H,1-8H3. The number of rotatable bonds is 13. The van der Waals surface area contributed by atoms with Crippen LogP contribution in [0.15, 0.2) is 249 Å². The van der Waals surface area contributed by atoms with Gasteiger partial charge >= 0.3 is 0 Å². The number of aryl methyl sites for hydroxylation is 8. The van der Waals surface area contributed by atoms with E-state index in [0.717, 1.165) is 95.7 Å². The number of fused-ring (bicyclic) bond motifs is 3. The molecular weight excluding hydrogens is 959 g/mol. The van der Waals surface area contributed by atoms with Crippen LogP contribution in [0.4, 0.5) is 68.2 Å². The van der Waals surface area contributed by atoms with Gasteiger partial charge in [0.25, 0.3) is 0 Å². The van der Waals surface area contributed by atoms with Crippen molar-refractivity contribution in [3.05, 3.63) is 293 Å². The molecule has 12 aromatic rings. The molecule has 0 fully saturated rings. The Balaban J connectivity index is 1.19. The average molecular weight is 1020 g/mol. The summed E-state index contributed by atoms with van der Waals surface area (Å²) in [6, 6.07) is 92.0. The Hall–Kier alpha value is -9.58. The van der Waals surface area contributed by atoms with Gasteiger partial charge < -0.3 is 24.2 Å². The van der Waals surface area contributed by atoms with E-state index in [-0.39, 0.29) is 0 Å². The van der Waals surface area contributed by atoms with Gasteiger partial charge in [-0.1, -0.05) is 97.1 Å². The highest BCUT2D eigenvalue weighted by Crippen LogP contribution is 2.47. The Kier molecular flexibility index (Phi) is 13.4. The zero-order chi connectivity index (χ0) is 54.3. The van der Waals surface area contributed by atoms with Gasteiger partial charge in [0, 0.05) is 67.6 Å². The fourth-order valence-electron chi connectivity index (χ4n) is 11.4. The van der Waals surface area contributed by atoms with Crippen LogP contribution in [0.1, 0.15) is 44.5 Å². The Morgan fingerprint density at radius 3 is 0.646 bits per heavy atom. The Morgan fingerprint density at radius 1 is 0.203 bits per heavy atom. The first-order valence-electron chi connectivity index (χ1n) is 27.4. The summed E-state index contributed by atoms with van der Waals surface area (Å²) in [7, 11) is 0. The van der Waals surface area contributed by atoms with E-state index >= 15 is 0 Å². The highest BCUT2D eigenvalue weighted by Gasteiger charge is 2.25. The summed E-state index contributed by atoms with van der Waals surface area (Å²) < 4.78 is 2.49. The minimum absolute atomic E-state index is 1.03. The Labute approximate surface area is 466 Å². The number of anilines is 12. The molecule has 1 heterocycles. The molecule has 12 rings (SSSR count). The minimum atomic E-state index is 1.03.